The van der Waals surface area contributed by atoms with Crippen LogP contribution in [0.15, 0.2) is 16.1 Å². The molecule has 0 radical (unpaired) electrons. The van der Waals surface area contributed by atoms with Crippen molar-refractivity contribution in [1.29, 1.82) is 0 Å². The van der Waals surface area contributed by atoms with Crippen LogP contribution in [0.3, 0.4) is 0 Å². The van der Waals surface area contributed by atoms with Crippen molar-refractivity contribution in [2.75, 3.05) is 0 Å². The summed E-state index contributed by atoms with van der Waals surface area (Å²) in [5.41, 5.74) is 2.70. The zero-order chi connectivity index (χ0) is 26.1. The molecular weight excluding hydrogens is 446 g/mol. The second-order valence-electron chi connectivity index (χ2n) is 15.6. The van der Waals surface area contributed by atoms with E-state index in [0.29, 0.717) is 11.8 Å². The van der Waals surface area contributed by atoms with Gasteiger partial charge in [-0.05, 0) is 97.2 Å². The molecule has 4 heteroatoms. The van der Waals surface area contributed by atoms with E-state index in [1.54, 1.807) is 0 Å². The van der Waals surface area contributed by atoms with E-state index in [2.05, 4.69) is 54.5 Å². The number of carbonyl (C=O) groups is 1. The van der Waals surface area contributed by atoms with Gasteiger partial charge in [0.2, 0.25) is 0 Å². The summed E-state index contributed by atoms with van der Waals surface area (Å²) >= 11 is 0. The van der Waals surface area contributed by atoms with Crippen LogP contribution in [0.1, 0.15) is 117 Å². The lowest BCUT2D eigenvalue weighted by Crippen LogP contribution is -2.64. The summed E-state index contributed by atoms with van der Waals surface area (Å²) in [4.78, 5) is 17.7. The smallest absolute Gasteiger partial charge is 0.310 e. The van der Waals surface area contributed by atoms with Crippen molar-refractivity contribution in [3.8, 4) is 0 Å². The first-order valence-electron chi connectivity index (χ1n) is 14.5. The second kappa shape index (κ2) is 7.08. The highest BCUT2D eigenvalue weighted by Crippen LogP contribution is 2.75. The quantitative estimate of drug-likeness (QED) is 0.404. The van der Waals surface area contributed by atoms with E-state index >= 15 is 0 Å². The summed E-state index contributed by atoms with van der Waals surface area (Å²) in [7, 11) is 0. The first-order chi connectivity index (χ1) is 16.6. The highest BCUT2D eigenvalue weighted by Gasteiger charge is 2.69. The molecule has 36 heavy (non-hydrogen) atoms. The SMILES string of the molecule is Cc1nc2c(o1)C(C)(C)[C@@H]1CC[C@]3(C)[C@H](CC=C4[C@@H]5CC(C)(C)CC[C@]5(C(=O)O)CC[C@]43C)[C@@]1(C)C2. The minimum atomic E-state index is -0.564. The van der Waals surface area contributed by atoms with Crippen LogP contribution in [0.5, 0.6) is 0 Å². The number of aliphatic carboxylic acids is 1. The molecule has 0 aliphatic heterocycles. The van der Waals surface area contributed by atoms with Gasteiger partial charge in [-0.2, -0.15) is 0 Å². The number of hydrogen-bond acceptors (Lipinski definition) is 3. The maximum Gasteiger partial charge on any atom is 0.310 e. The molecule has 1 aromatic heterocycles. The molecule has 1 aromatic rings. The number of aromatic nitrogens is 1. The fourth-order valence-electron chi connectivity index (χ4n) is 11.0. The van der Waals surface area contributed by atoms with Gasteiger partial charge in [-0.3, -0.25) is 4.79 Å². The summed E-state index contributed by atoms with van der Waals surface area (Å²) in [6.45, 7) is 19.2. The molecule has 5 aliphatic rings. The fourth-order valence-corrected chi connectivity index (χ4v) is 11.0. The number of carboxylic acids is 1. The molecule has 5 aliphatic carbocycles. The maximum atomic E-state index is 12.8. The Morgan fingerprint density at radius 3 is 2.39 bits per heavy atom. The Kier molecular flexibility index (Phi) is 4.87. The van der Waals surface area contributed by atoms with Gasteiger partial charge in [0.15, 0.2) is 5.89 Å². The predicted molar refractivity (Wildman–Crippen MR) is 142 cm³/mol. The van der Waals surface area contributed by atoms with Crippen LogP contribution in [0.25, 0.3) is 0 Å². The van der Waals surface area contributed by atoms with E-state index in [1.165, 1.54) is 24.1 Å². The first-order valence-corrected chi connectivity index (χ1v) is 14.5. The Labute approximate surface area is 217 Å². The van der Waals surface area contributed by atoms with Crippen LogP contribution in [-0.4, -0.2) is 16.1 Å². The van der Waals surface area contributed by atoms with Gasteiger partial charge < -0.3 is 9.52 Å². The average Bonchev–Trinajstić information content (AvgIpc) is 3.14. The summed E-state index contributed by atoms with van der Waals surface area (Å²) in [5, 5.41) is 10.6. The van der Waals surface area contributed by atoms with Gasteiger partial charge in [0.1, 0.15) is 5.76 Å². The summed E-state index contributed by atoms with van der Waals surface area (Å²) in [6.07, 6.45) is 11.8. The van der Waals surface area contributed by atoms with Crippen LogP contribution in [0.2, 0.25) is 0 Å². The molecule has 7 atom stereocenters. The van der Waals surface area contributed by atoms with E-state index in [1.807, 2.05) is 6.92 Å². The van der Waals surface area contributed by atoms with Crippen LogP contribution in [0, 0.1) is 51.8 Å². The summed E-state index contributed by atoms with van der Waals surface area (Å²) in [5.74, 6) is 2.68. The highest BCUT2D eigenvalue weighted by atomic mass is 16.4. The number of fused-ring (bicyclic) bond motifs is 8. The molecule has 3 saturated carbocycles. The summed E-state index contributed by atoms with van der Waals surface area (Å²) < 4.78 is 6.22. The lowest BCUT2D eigenvalue weighted by atomic mass is 9.34. The normalized spacial score (nSPS) is 46.3. The number of oxazole rings is 1. The van der Waals surface area contributed by atoms with E-state index < -0.39 is 11.4 Å². The van der Waals surface area contributed by atoms with Crippen LogP contribution in [0.4, 0.5) is 0 Å². The fraction of sp³-hybridized carbons (Fsp3) is 0.812. The average molecular weight is 494 g/mol. The largest absolute Gasteiger partial charge is 0.481 e. The highest BCUT2D eigenvalue weighted by molar-refractivity contribution is 5.76. The third-order valence-electron chi connectivity index (χ3n) is 13.1. The van der Waals surface area contributed by atoms with Crippen molar-refractivity contribution in [3.63, 3.8) is 0 Å². The van der Waals surface area contributed by atoms with Crippen LogP contribution < -0.4 is 0 Å². The number of aryl methyl sites for hydroxylation is 1. The Balaban J connectivity index is 1.47. The summed E-state index contributed by atoms with van der Waals surface area (Å²) in [6, 6.07) is 0. The van der Waals surface area contributed by atoms with Gasteiger partial charge >= 0.3 is 5.97 Å². The zero-order valence-corrected chi connectivity index (χ0v) is 23.9. The van der Waals surface area contributed by atoms with Gasteiger partial charge in [0, 0.05) is 12.3 Å². The van der Waals surface area contributed by atoms with Gasteiger partial charge in [-0.25, -0.2) is 4.98 Å². The number of allylic oxidation sites excluding steroid dienone is 2. The van der Waals surface area contributed by atoms with E-state index in [-0.39, 0.29) is 33.0 Å². The van der Waals surface area contributed by atoms with Crippen LogP contribution >= 0.6 is 0 Å². The number of nitrogens with zero attached hydrogens (tertiary/aromatic N) is 1. The third kappa shape index (κ3) is 2.83. The van der Waals surface area contributed by atoms with Gasteiger partial charge in [-0.15, -0.1) is 0 Å². The Morgan fingerprint density at radius 1 is 1.00 bits per heavy atom. The maximum absolute atomic E-state index is 12.8. The minimum Gasteiger partial charge on any atom is -0.481 e. The predicted octanol–water partition coefficient (Wildman–Crippen LogP) is 7.88. The Bertz CT molecular complexity index is 1160. The Hall–Kier alpha value is -1.58. The molecule has 1 N–H and O–H groups in total. The zero-order valence-electron chi connectivity index (χ0n) is 23.9. The monoisotopic (exact) mass is 493 g/mol. The molecule has 0 bridgehead atoms. The molecule has 0 aromatic carbocycles. The molecule has 198 valence electrons. The topological polar surface area (TPSA) is 63.3 Å². The standard InChI is InChI=1S/C32H47NO3/c1-19-33-22-18-29(6)23(28(4,5)25(22)36-19)11-12-31(8)24(29)10-9-20-21-17-27(2,3)13-15-32(21,26(34)35)16-14-30(20,31)7/h9,21,23-24H,10-18H2,1-8H3,(H,34,35)/t21-,23-,24+,29-,30+,31+,32-/m0/s1. The lowest BCUT2D eigenvalue weighted by Gasteiger charge is -2.70. The lowest BCUT2D eigenvalue weighted by molar-refractivity contribution is -0.177. The molecule has 6 rings (SSSR count). The van der Waals surface area contributed by atoms with Crippen molar-refractivity contribution < 1.29 is 14.3 Å². The van der Waals surface area contributed by atoms with E-state index in [4.69, 9.17) is 9.40 Å². The second-order valence-corrected chi connectivity index (χ2v) is 15.6. The molecule has 1 heterocycles. The molecule has 0 saturated heterocycles. The molecular formula is C32H47NO3. The first kappa shape index (κ1) is 24.7. The molecule has 3 fully saturated rings. The van der Waals surface area contributed by atoms with Crippen molar-refractivity contribution in [2.24, 2.45) is 44.8 Å². The minimum absolute atomic E-state index is 0.0196. The number of carboxylic acid groups (broad SMARTS) is 1. The van der Waals surface area contributed by atoms with Crippen molar-refractivity contribution >= 4 is 5.97 Å². The molecule has 0 spiro atoms. The van der Waals surface area contributed by atoms with E-state index in [0.717, 1.165) is 56.6 Å². The van der Waals surface area contributed by atoms with E-state index in [9.17, 15) is 9.90 Å². The molecule has 4 nitrogen and oxygen atoms in total. The van der Waals surface area contributed by atoms with Crippen molar-refractivity contribution in [1.82, 2.24) is 4.98 Å². The van der Waals surface area contributed by atoms with Gasteiger partial charge in [0.25, 0.3) is 0 Å². The van der Waals surface area contributed by atoms with Crippen LogP contribution in [-0.2, 0) is 16.6 Å². The van der Waals surface area contributed by atoms with Crippen molar-refractivity contribution in [2.45, 2.75) is 119 Å². The number of rotatable bonds is 1. The Morgan fingerprint density at radius 2 is 1.69 bits per heavy atom. The van der Waals surface area contributed by atoms with Gasteiger partial charge in [-0.1, -0.05) is 60.1 Å². The van der Waals surface area contributed by atoms with Crippen molar-refractivity contribution in [3.05, 3.63) is 29.0 Å². The van der Waals surface area contributed by atoms with Gasteiger partial charge in [0.05, 0.1) is 11.1 Å². The third-order valence-corrected chi connectivity index (χ3v) is 13.1. The molecule has 0 amide bonds. The molecule has 0 unspecified atom stereocenters. The number of hydrogen-bond donors (Lipinski definition) is 1.